The summed E-state index contributed by atoms with van der Waals surface area (Å²) in [6.07, 6.45) is 1.10. The van der Waals surface area contributed by atoms with E-state index in [-0.39, 0.29) is 5.91 Å². The van der Waals surface area contributed by atoms with Gasteiger partial charge in [0.25, 0.3) is 0 Å². The Bertz CT molecular complexity index is 742. The number of rotatable bonds is 10. The first-order chi connectivity index (χ1) is 13.1. The van der Waals surface area contributed by atoms with Crippen molar-refractivity contribution in [1.29, 1.82) is 0 Å². The van der Waals surface area contributed by atoms with Gasteiger partial charge in [-0.1, -0.05) is 23.7 Å². The molecule has 146 valence electrons. The molecule has 2 rings (SSSR count). The monoisotopic (exact) mass is 392 g/mol. The number of halogens is 1. The molecule has 0 aliphatic rings. The first-order valence-electron chi connectivity index (χ1n) is 8.62. The van der Waals surface area contributed by atoms with Crippen LogP contribution in [0.25, 0.3) is 0 Å². The van der Waals surface area contributed by atoms with E-state index >= 15 is 0 Å². The highest BCUT2D eigenvalue weighted by atomic mass is 35.5. The van der Waals surface area contributed by atoms with Crippen molar-refractivity contribution in [3.05, 3.63) is 47.0 Å². The number of carbonyl (C=O) groups is 1. The third-order valence-corrected chi connectivity index (χ3v) is 4.21. The van der Waals surface area contributed by atoms with E-state index in [1.165, 1.54) is 0 Å². The summed E-state index contributed by atoms with van der Waals surface area (Å²) in [5.41, 5.74) is 1.88. The maximum atomic E-state index is 12.0. The van der Waals surface area contributed by atoms with Crippen LogP contribution in [0.1, 0.15) is 12.0 Å². The Hall–Kier alpha value is -2.60. The number of methoxy groups -OCH3 is 3. The van der Waals surface area contributed by atoms with Gasteiger partial charge < -0.3 is 24.8 Å². The standard InChI is InChI=1S/C20H25ClN2O4/c1-25-17-12-16(13-18(26-2)20(17)27-3)22-10-8-19(24)23-9-7-14-5-4-6-15(21)11-14/h4-6,11-13,22H,7-10H2,1-3H3,(H,23,24). The van der Waals surface area contributed by atoms with E-state index in [1.807, 2.05) is 24.3 Å². The highest BCUT2D eigenvalue weighted by Crippen LogP contribution is 2.39. The van der Waals surface area contributed by atoms with Crippen molar-refractivity contribution in [3.8, 4) is 17.2 Å². The second-order valence-electron chi connectivity index (χ2n) is 5.82. The Labute approximate surface area is 164 Å². The molecule has 0 aromatic heterocycles. The SMILES string of the molecule is COc1cc(NCCC(=O)NCCc2cccc(Cl)c2)cc(OC)c1OC. The molecule has 0 radical (unpaired) electrons. The summed E-state index contributed by atoms with van der Waals surface area (Å²) in [4.78, 5) is 12.0. The van der Waals surface area contributed by atoms with E-state index in [0.29, 0.717) is 41.8 Å². The zero-order valence-electron chi connectivity index (χ0n) is 15.8. The van der Waals surface area contributed by atoms with E-state index in [4.69, 9.17) is 25.8 Å². The largest absolute Gasteiger partial charge is 0.493 e. The minimum absolute atomic E-state index is 0.0167. The molecule has 0 fully saturated rings. The van der Waals surface area contributed by atoms with Crippen molar-refractivity contribution < 1.29 is 19.0 Å². The van der Waals surface area contributed by atoms with Gasteiger partial charge in [0.15, 0.2) is 11.5 Å². The van der Waals surface area contributed by atoms with Gasteiger partial charge in [0.1, 0.15) is 0 Å². The highest BCUT2D eigenvalue weighted by Gasteiger charge is 2.13. The van der Waals surface area contributed by atoms with Crippen LogP contribution in [-0.4, -0.2) is 40.3 Å². The van der Waals surface area contributed by atoms with Crippen molar-refractivity contribution >= 4 is 23.2 Å². The van der Waals surface area contributed by atoms with Gasteiger partial charge in [-0.3, -0.25) is 4.79 Å². The van der Waals surface area contributed by atoms with Gasteiger partial charge in [-0.05, 0) is 24.1 Å². The van der Waals surface area contributed by atoms with E-state index < -0.39 is 0 Å². The Morgan fingerprint density at radius 3 is 2.30 bits per heavy atom. The van der Waals surface area contributed by atoms with Crippen LogP contribution in [-0.2, 0) is 11.2 Å². The lowest BCUT2D eigenvalue weighted by Crippen LogP contribution is -2.27. The molecule has 0 saturated carbocycles. The number of hydrogen-bond donors (Lipinski definition) is 2. The predicted octanol–water partition coefficient (Wildman–Crippen LogP) is 3.53. The fourth-order valence-electron chi connectivity index (χ4n) is 2.63. The smallest absolute Gasteiger partial charge is 0.221 e. The van der Waals surface area contributed by atoms with Crippen LogP contribution in [0.4, 0.5) is 5.69 Å². The van der Waals surface area contributed by atoms with Gasteiger partial charge in [0.05, 0.1) is 21.3 Å². The lowest BCUT2D eigenvalue weighted by atomic mass is 10.1. The summed E-state index contributed by atoms with van der Waals surface area (Å²) in [6, 6.07) is 11.2. The molecular weight excluding hydrogens is 368 g/mol. The molecule has 0 aliphatic carbocycles. The number of amides is 1. The van der Waals surface area contributed by atoms with Crippen LogP contribution < -0.4 is 24.8 Å². The van der Waals surface area contributed by atoms with Crippen molar-refractivity contribution in [2.24, 2.45) is 0 Å². The Balaban J connectivity index is 1.79. The Morgan fingerprint density at radius 1 is 1.00 bits per heavy atom. The molecular formula is C20H25ClN2O4. The number of hydrogen-bond acceptors (Lipinski definition) is 5. The number of nitrogens with one attached hydrogen (secondary N) is 2. The fourth-order valence-corrected chi connectivity index (χ4v) is 2.84. The van der Waals surface area contributed by atoms with Crippen LogP contribution in [0, 0.1) is 0 Å². The van der Waals surface area contributed by atoms with Crippen LogP contribution in [0.3, 0.4) is 0 Å². The Kier molecular flexibility index (Phi) is 8.07. The highest BCUT2D eigenvalue weighted by molar-refractivity contribution is 6.30. The molecule has 27 heavy (non-hydrogen) atoms. The molecule has 0 unspecified atom stereocenters. The molecule has 0 heterocycles. The van der Waals surface area contributed by atoms with E-state index in [9.17, 15) is 4.79 Å². The minimum atomic E-state index is -0.0167. The summed E-state index contributed by atoms with van der Waals surface area (Å²) in [5.74, 6) is 1.64. The quantitative estimate of drug-likeness (QED) is 0.647. The maximum Gasteiger partial charge on any atom is 0.221 e. The minimum Gasteiger partial charge on any atom is -0.493 e. The summed E-state index contributed by atoms with van der Waals surface area (Å²) >= 11 is 5.95. The van der Waals surface area contributed by atoms with Crippen molar-refractivity contribution in [2.45, 2.75) is 12.8 Å². The number of ether oxygens (including phenoxy) is 3. The van der Waals surface area contributed by atoms with Gasteiger partial charge in [-0.15, -0.1) is 0 Å². The first kappa shape index (κ1) is 20.7. The van der Waals surface area contributed by atoms with Crippen LogP contribution in [0.2, 0.25) is 5.02 Å². The van der Waals surface area contributed by atoms with E-state index in [0.717, 1.165) is 17.7 Å². The molecule has 0 atom stereocenters. The molecule has 0 bridgehead atoms. The molecule has 0 spiro atoms. The van der Waals surface area contributed by atoms with E-state index in [2.05, 4.69) is 10.6 Å². The fraction of sp³-hybridized carbons (Fsp3) is 0.350. The van der Waals surface area contributed by atoms with Crippen LogP contribution in [0.5, 0.6) is 17.2 Å². The molecule has 2 N–H and O–H groups in total. The van der Waals surface area contributed by atoms with Gasteiger partial charge >= 0.3 is 0 Å². The number of carbonyl (C=O) groups excluding carboxylic acids is 1. The molecule has 2 aromatic carbocycles. The topological polar surface area (TPSA) is 68.8 Å². The molecule has 7 heteroatoms. The van der Waals surface area contributed by atoms with Crippen LogP contribution in [0.15, 0.2) is 36.4 Å². The van der Waals surface area contributed by atoms with Gasteiger partial charge in [0.2, 0.25) is 11.7 Å². The van der Waals surface area contributed by atoms with Crippen molar-refractivity contribution in [1.82, 2.24) is 5.32 Å². The van der Waals surface area contributed by atoms with E-state index in [1.54, 1.807) is 33.5 Å². The Morgan fingerprint density at radius 2 is 1.70 bits per heavy atom. The molecule has 2 aromatic rings. The summed E-state index contributed by atoms with van der Waals surface area (Å²) in [5, 5.41) is 6.81. The molecule has 1 amide bonds. The van der Waals surface area contributed by atoms with Gasteiger partial charge in [0, 0.05) is 42.4 Å². The maximum absolute atomic E-state index is 12.0. The third kappa shape index (κ3) is 6.25. The predicted molar refractivity (Wildman–Crippen MR) is 107 cm³/mol. The molecule has 0 aliphatic heterocycles. The molecule has 0 saturated heterocycles. The second-order valence-corrected chi connectivity index (χ2v) is 6.26. The lowest BCUT2D eigenvalue weighted by molar-refractivity contribution is -0.120. The van der Waals surface area contributed by atoms with Gasteiger partial charge in [-0.2, -0.15) is 0 Å². The first-order valence-corrected chi connectivity index (χ1v) is 9.00. The zero-order valence-corrected chi connectivity index (χ0v) is 16.6. The zero-order chi connectivity index (χ0) is 19.6. The average molecular weight is 393 g/mol. The number of anilines is 1. The average Bonchev–Trinajstić information content (AvgIpc) is 2.67. The summed E-state index contributed by atoms with van der Waals surface area (Å²) in [6.45, 7) is 1.06. The summed E-state index contributed by atoms with van der Waals surface area (Å²) < 4.78 is 15.9. The lowest BCUT2D eigenvalue weighted by Gasteiger charge is -2.15. The van der Waals surface area contributed by atoms with Crippen molar-refractivity contribution in [3.63, 3.8) is 0 Å². The third-order valence-electron chi connectivity index (χ3n) is 3.97. The van der Waals surface area contributed by atoms with Gasteiger partial charge in [-0.25, -0.2) is 0 Å². The normalized spacial score (nSPS) is 10.2. The molecule has 6 nitrogen and oxygen atoms in total. The second kappa shape index (κ2) is 10.5. The van der Waals surface area contributed by atoms with Crippen LogP contribution >= 0.6 is 11.6 Å². The number of benzene rings is 2. The summed E-state index contributed by atoms with van der Waals surface area (Å²) in [7, 11) is 4.68. The van der Waals surface area contributed by atoms with Crippen molar-refractivity contribution in [2.75, 3.05) is 39.7 Å².